The second kappa shape index (κ2) is 6.13. The van der Waals surface area contributed by atoms with Gasteiger partial charge < -0.3 is 4.74 Å². The van der Waals surface area contributed by atoms with Gasteiger partial charge in [0.25, 0.3) is 0 Å². The molecule has 0 fully saturated rings. The Labute approximate surface area is 122 Å². The predicted octanol–water partition coefficient (Wildman–Crippen LogP) is 4.05. The van der Waals surface area contributed by atoms with Gasteiger partial charge in [-0.15, -0.1) is 0 Å². The number of halogens is 5. The predicted molar refractivity (Wildman–Crippen MR) is 66.5 cm³/mol. The van der Waals surface area contributed by atoms with Crippen LogP contribution < -0.4 is 0 Å². The maximum absolute atomic E-state index is 13.4. The maximum Gasteiger partial charge on any atom is 0.338 e. The summed E-state index contributed by atoms with van der Waals surface area (Å²) >= 11 is 0. The summed E-state index contributed by atoms with van der Waals surface area (Å²) in [5.41, 5.74) is -0.234. The monoisotopic (exact) mass is 316 g/mol. The van der Waals surface area contributed by atoms with Crippen LogP contribution in [-0.4, -0.2) is 5.97 Å². The summed E-state index contributed by atoms with van der Waals surface area (Å²) < 4.78 is 70.2. The molecule has 116 valence electrons. The van der Waals surface area contributed by atoms with Crippen LogP contribution in [0.5, 0.6) is 0 Å². The lowest BCUT2D eigenvalue weighted by atomic mass is 10.1. The molecule has 2 aromatic carbocycles. The van der Waals surface area contributed by atoms with Gasteiger partial charge in [-0.2, -0.15) is 0 Å². The first kappa shape index (κ1) is 15.9. The molecule has 0 unspecified atom stereocenters. The third-order valence-electron chi connectivity index (χ3n) is 2.94. The smallest absolute Gasteiger partial charge is 0.338 e. The van der Waals surface area contributed by atoms with Crippen molar-refractivity contribution < 1.29 is 31.5 Å². The number of benzene rings is 2. The second-order valence-corrected chi connectivity index (χ2v) is 4.49. The van der Waals surface area contributed by atoms with Crippen LogP contribution in [0.15, 0.2) is 24.3 Å². The SMILES string of the molecule is Cc1ccc(C(=O)OCc2c(F)c(F)c(F)c(F)c2F)cc1. The molecule has 0 aliphatic carbocycles. The summed E-state index contributed by atoms with van der Waals surface area (Å²) in [6.07, 6.45) is 0. The van der Waals surface area contributed by atoms with Crippen molar-refractivity contribution >= 4 is 5.97 Å². The van der Waals surface area contributed by atoms with E-state index in [1.54, 1.807) is 19.1 Å². The van der Waals surface area contributed by atoms with Crippen molar-refractivity contribution in [2.24, 2.45) is 0 Å². The summed E-state index contributed by atoms with van der Waals surface area (Å²) in [7, 11) is 0. The summed E-state index contributed by atoms with van der Waals surface area (Å²) in [6, 6.07) is 6.04. The highest BCUT2D eigenvalue weighted by Crippen LogP contribution is 2.23. The minimum Gasteiger partial charge on any atom is -0.457 e. The largest absolute Gasteiger partial charge is 0.457 e. The zero-order valence-corrected chi connectivity index (χ0v) is 11.2. The summed E-state index contributed by atoms with van der Waals surface area (Å²) in [6.45, 7) is 0.711. The van der Waals surface area contributed by atoms with Crippen LogP contribution in [0.25, 0.3) is 0 Å². The number of aryl methyl sites for hydroxylation is 1. The van der Waals surface area contributed by atoms with E-state index in [0.717, 1.165) is 5.56 Å². The minimum atomic E-state index is -2.26. The number of hydrogen-bond donors (Lipinski definition) is 0. The zero-order chi connectivity index (χ0) is 16.4. The first-order valence-corrected chi connectivity index (χ1v) is 6.07. The Morgan fingerprint density at radius 1 is 0.864 bits per heavy atom. The molecule has 0 heterocycles. The van der Waals surface area contributed by atoms with Gasteiger partial charge in [0, 0.05) is 0 Å². The van der Waals surface area contributed by atoms with Crippen LogP contribution in [0.1, 0.15) is 21.5 Å². The van der Waals surface area contributed by atoms with Gasteiger partial charge in [-0.25, -0.2) is 26.7 Å². The van der Waals surface area contributed by atoms with Crippen molar-refractivity contribution in [1.29, 1.82) is 0 Å². The average molecular weight is 316 g/mol. The van der Waals surface area contributed by atoms with Crippen molar-refractivity contribution in [2.75, 3.05) is 0 Å². The maximum atomic E-state index is 13.4. The van der Waals surface area contributed by atoms with Gasteiger partial charge in [-0.3, -0.25) is 0 Å². The number of carbonyl (C=O) groups is 1. The van der Waals surface area contributed by atoms with Crippen molar-refractivity contribution in [3.8, 4) is 0 Å². The highest BCUT2D eigenvalue weighted by atomic mass is 19.2. The molecule has 22 heavy (non-hydrogen) atoms. The van der Waals surface area contributed by atoms with Crippen molar-refractivity contribution in [3.63, 3.8) is 0 Å². The third kappa shape index (κ3) is 2.93. The number of rotatable bonds is 3. The molecular weight excluding hydrogens is 307 g/mol. The van der Waals surface area contributed by atoms with Gasteiger partial charge in [-0.05, 0) is 19.1 Å². The first-order valence-electron chi connectivity index (χ1n) is 6.07. The molecule has 2 aromatic rings. The molecule has 0 bridgehead atoms. The van der Waals surface area contributed by atoms with Crippen LogP contribution in [0, 0.1) is 36.0 Å². The zero-order valence-electron chi connectivity index (χ0n) is 11.2. The van der Waals surface area contributed by atoms with E-state index in [2.05, 4.69) is 4.74 Å². The molecule has 2 rings (SSSR count). The van der Waals surface area contributed by atoms with Crippen molar-refractivity contribution in [3.05, 3.63) is 70.0 Å². The molecule has 2 nitrogen and oxygen atoms in total. The van der Waals surface area contributed by atoms with E-state index in [1.165, 1.54) is 12.1 Å². The number of esters is 1. The van der Waals surface area contributed by atoms with E-state index < -0.39 is 47.2 Å². The van der Waals surface area contributed by atoms with Gasteiger partial charge in [0.15, 0.2) is 23.3 Å². The molecule has 0 saturated carbocycles. The molecule has 0 aliphatic heterocycles. The standard InChI is InChI=1S/C15H9F5O2/c1-7-2-4-8(5-3-7)15(21)22-6-9-10(16)12(18)14(20)13(19)11(9)17/h2-5H,6H2,1H3. The van der Waals surface area contributed by atoms with Crippen LogP contribution in [0.4, 0.5) is 22.0 Å². The Morgan fingerprint density at radius 2 is 1.32 bits per heavy atom. The van der Waals surface area contributed by atoms with Gasteiger partial charge in [0.2, 0.25) is 5.82 Å². The lowest BCUT2D eigenvalue weighted by Crippen LogP contribution is -2.11. The van der Waals surface area contributed by atoms with Crippen LogP contribution >= 0.6 is 0 Å². The van der Waals surface area contributed by atoms with Crippen molar-refractivity contribution in [1.82, 2.24) is 0 Å². The molecule has 0 saturated heterocycles. The average Bonchev–Trinajstić information content (AvgIpc) is 2.51. The molecule has 0 aromatic heterocycles. The summed E-state index contributed by atoms with van der Waals surface area (Å²) in [5, 5.41) is 0. The fraction of sp³-hybridized carbons (Fsp3) is 0.133. The van der Waals surface area contributed by atoms with E-state index >= 15 is 0 Å². The van der Waals surface area contributed by atoms with Gasteiger partial charge in [0.1, 0.15) is 6.61 Å². The Morgan fingerprint density at radius 3 is 1.82 bits per heavy atom. The fourth-order valence-corrected chi connectivity index (χ4v) is 1.69. The topological polar surface area (TPSA) is 26.3 Å². The number of carbonyl (C=O) groups excluding carboxylic acids is 1. The normalized spacial score (nSPS) is 10.6. The van der Waals surface area contributed by atoms with E-state index in [4.69, 9.17) is 0 Å². The minimum absolute atomic E-state index is 0.0921. The molecule has 0 radical (unpaired) electrons. The molecular formula is C15H9F5O2. The lowest BCUT2D eigenvalue weighted by Gasteiger charge is -2.09. The highest BCUT2D eigenvalue weighted by molar-refractivity contribution is 5.89. The van der Waals surface area contributed by atoms with Gasteiger partial charge >= 0.3 is 5.97 Å². The molecule has 0 atom stereocenters. The van der Waals surface area contributed by atoms with Gasteiger partial charge in [0.05, 0.1) is 11.1 Å². The third-order valence-corrected chi connectivity index (χ3v) is 2.94. The van der Waals surface area contributed by atoms with Gasteiger partial charge in [-0.1, -0.05) is 17.7 Å². The number of hydrogen-bond acceptors (Lipinski definition) is 2. The molecule has 7 heteroatoms. The highest BCUT2D eigenvalue weighted by Gasteiger charge is 2.26. The summed E-state index contributed by atoms with van der Waals surface area (Å²) in [5.74, 6) is -11.4. The molecule has 0 amide bonds. The quantitative estimate of drug-likeness (QED) is 0.370. The van der Waals surface area contributed by atoms with Crippen LogP contribution in [-0.2, 0) is 11.3 Å². The fourth-order valence-electron chi connectivity index (χ4n) is 1.69. The number of ether oxygens (including phenoxy) is 1. The van der Waals surface area contributed by atoms with E-state index in [-0.39, 0.29) is 5.56 Å². The molecule has 0 spiro atoms. The van der Waals surface area contributed by atoms with Crippen molar-refractivity contribution in [2.45, 2.75) is 13.5 Å². The molecule has 0 N–H and O–H groups in total. The van der Waals surface area contributed by atoms with Crippen LogP contribution in [0.3, 0.4) is 0 Å². The van der Waals surface area contributed by atoms with E-state index in [0.29, 0.717) is 0 Å². The lowest BCUT2D eigenvalue weighted by molar-refractivity contribution is 0.0462. The Bertz CT molecular complexity index is 697. The van der Waals surface area contributed by atoms with Crippen LogP contribution in [0.2, 0.25) is 0 Å². The Hall–Kier alpha value is -2.44. The Balaban J connectivity index is 2.22. The van der Waals surface area contributed by atoms with E-state index in [9.17, 15) is 26.7 Å². The van der Waals surface area contributed by atoms with E-state index in [1.807, 2.05) is 0 Å². The second-order valence-electron chi connectivity index (χ2n) is 4.49. The first-order chi connectivity index (χ1) is 10.3. The summed E-state index contributed by atoms with van der Waals surface area (Å²) in [4.78, 5) is 11.7. The molecule has 0 aliphatic rings. The Kier molecular flexibility index (Phi) is 4.44.